The molecule has 1 N–H and O–H groups in total. The van der Waals surface area contributed by atoms with Crippen LogP contribution in [0.25, 0.3) is 11.3 Å². The van der Waals surface area contributed by atoms with Gasteiger partial charge < -0.3 is 0 Å². The quantitative estimate of drug-likeness (QED) is 0.266. The molecule has 0 aliphatic rings. The standard InChI is InChI=1S/C18H10ClF6N3S/c19-14-7-11(17(20,21)22)6-13(18(23,24)25)12(14)8-26-28-16-27-15(9-29-16)10-4-2-1-3-5-10/h1-9H,(H,27,28). The summed E-state index contributed by atoms with van der Waals surface area (Å²) in [6.45, 7) is 0. The van der Waals surface area contributed by atoms with Gasteiger partial charge >= 0.3 is 12.4 Å². The van der Waals surface area contributed by atoms with Crippen molar-refractivity contribution in [3.8, 4) is 11.3 Å². The molecule has 0 fully saturated rings. The molecule has 0 amide bonds. The molecule has 152 valence electrons. The number of thiazole rings is 1. The Morgan fingerprint density at radius 3 is 2.31 bits per heavy atom. The number of benzene rings is 2. The number of alkyl halides is 6. The summed E-state index contributed by atoms with van der Waals surface area (Å²) in [5.74, 6) is 0. The van der Waals surface area contributed by atoms with E-state index in [0.29, 0.717) is 11.8 Å². The van der Waals surface area contributed by atoms with Gasteiger partial charge in [-0.25, -0.2) is 4.98 Å². The molecular formula is C18H10ClF6N3S. The highest BCUT2D eigenvalue weighted by atomic mass is 35.5. The first-order valence-corrected chi connectivity index (χ1v) is 9.09. The van der Waals surface area contributed by atoms with Gasteiger partial charge in [0.1, 0.15) is 0 Å². The Balaban J connectivity index is 1.86. The molecular weight excluding hydrogens is 440 g/mol. The Morgan fingerprint density at radius 2 is 1.69 bits per heavy atom. The summed E-state index contributed by atoms with van der Waals surface area (Å²) in [5, 5.41) is 4.94. The number of nitrogens with one attached hydrogen (secondary N) is 1. The zero-order chi connectivity index (χ0) is 21.2. The van der Waals surface area contributed by atoms with Crippen molar-refractivity contribution < 1.29 is 26.3 Å². The summed E-state index contributed by atoms with van der Waals surface area (Å²) in [4.78, 5) is 4.24. The number of hydrogen-bond acceptors (Lipinski definition) is 4. The second-order valence-corrected chi connectivity index (χ2v) is 6.95. The zero-order valence-electron chi connectivity index (χ0n) is 14.1. The van der Waals surface area contributed by atoms with E-state index in [2.05, 4.69) is 15.5 Å². The molecule has 0 bridgehead atoms. The molecule has 0 saturated heterocycles. The molecule has 0 spiro atoms. The van der Waals surface area contributed by atoms with Gasteiger partial charge in [-0.3, -0.25) is 5.43 Å². The molecule has 1 heterocycles. The Labute approximate surface area is 169 Å². The Kier molecular flexibility index (Phi) is 5.85. The number of hydrazone groups is 1. The van der Waals surface area contributed by atoms with E-state index < -0.39 is 34.1 Å². The van der Waals surface area contributed by atoms with Gasteiger partial charge in [0.15, 0.2) is 0 Å². The molecule has 11 heteroatoms. The number of aromatic nitrogens is 1. The van der Waals surface area contributed by atoms with Crippen molar-refractivity contribution >= 4 is 34.3 Å². The maximum Gasteiger partial charge on any atom is 0.417 e. The minimum atomic E-state index is -5.05. The van der Waals surface area contributed by atoms with Gasteiger partial charge in [-0.15, -0.1) is 11.3 Å². The fourth-order valence-electron chi connectivity index (χ4n) is 2.37. The third-order valence-electron chi connectivity index (χ3n) is 3.69. The molecule has 0 aliphatic carbocycles. The molecule has 29 heavy (non-hydrogen) atoms. The van der Waals surface area contributed by atoms with E-state index in [1.165, 1.54) is 0 Å². The lowest BCUT2D eigenvalue weighted by molar-refractivity contribution is -0.143. The van der Waals surface area contributed by atoms with Gasteiger partial charge in [0.05, 0.1) is 28.1 Å². The molecule has 1 aromatic heterocycles. The van der Waals surface area contributed by atoms with Crippen molar-refractivity contribution in [2.45, 2.75) is 12.4 Å². The first kappa shape index (κ1) is 21.1. The van der Waals surface area contributed by atoms with Crippen molar-refractivity contribution in [2.75, 3.05) is 5.43 Å². The predicted octanol–water partition coefficient (Wildman–Crippen LogP) is 6.95. The van der Waals surface area contributed by atoms with Crippen LogP contribution < -0.4 is 5.43 Å². The Hall–Kier alpha value is -2.59. The van der Waals surface area contributed by atoms with Crippen molar-refractivity contribution in [3.63, 3.8) is 0 Å². The van der Waals surface area contributed by atoms with Crippen LogP contribution in [0.15, 0.2) is 52.9 Å². The average Bonchev–Trinajstić information content (AvgIpc) is 3.10. The van der Waals surface area contributed by atoms with E-state index in [9.17, 15) is 26.3 Å². The van der Waals surface area contributed by atoms with Crippen LogP contribution in [-0.4, -0.2) is 11.2 Å². The molecule has 3 aromatic rings. The maximum absolute atomic E-state index is 13.2. The minimum Gasteiger partial charge on any atom is -0.253 e. The van der Waals surface area contributed by atoms with Gasteiger partial charge in [0, 0.05) is 16.5 Å². The second kappa shape index (κ2) is 8.03. The van der Waals surface area contributed by atoms with E-state index in [-0.39, 0.29) is 11.2 Å². The molecule has 3 nitrogen and oxygen atoms in total. The smallest absolute Gasteiger partial charge is 0.253 e. The molecule has 0 unspecified atom stereocenters. The fourth-order valence-corrected chi connectivity index (χ4v) is 3.30. The molecule has 0 radical (unpaired) electrons. The maximum atomic E-state index is 13.2. The van der Waals surface area contributed by atoms with Gasteiger partial charge in [-0.05, 0) is 12.1 Å². The van der Waals surface area contributed by atoms with Crippen LogP contribution in [-0.2, 0) is 12.4 Å². The highest BCUT2D eigenvalue weighted by Gasteiger charge is 2.39. The summed E-state index contributed by atoms with van der Waals surface area (Å²) in [6.07, 6.45) is -9.30. The SMILES string of the molecule is FC(F)(F)c1cc(Cl)c(C=NNc2nc(-c3ccccc3)cs2)c(C(F)(F)F)c1. The van der Waals surface area contributed by atoms with Gasteiger partial charge in [-0.2, -0.15) is 31.4 Å². The lowest BCUT2D eigenvalue weighted by Crippen LogP contribution is -2.14. The Morgan fingerprint density at radius 1 is 1.00 bits per heavy atom. The minimum absolute atomic E-state index is 0.00410. The second-order valence-electron chi connectivity index (χ2n) is 5.69. The fraction of sp³-hybridized carbons (Fsp3) is 0.111. The van der Waals surface area contributed by atoms with E-state index in [1.807, 2.05) is 30.3 Å². The van der Waals surface area contributed by atoms with E-state index >= 15 is 0 Å². The molecule has 0 aliphatic heterocycles. The third-order valence-corrected chi connectivity index (χ3v) is 4.75. The van der Waals surface area contributed by atoms with Crippen LogP contribution in [0.3, 0.4) is 0 Å². The molecule has 3 rings (SSSR count). The normalized spacial score (nSPS) is 12.5. The number of rotatable bonds is 4. The number of anilines is 1. The van der Waals surface area contributed by atoms with Gasteiger partial charge in [0.2, 0.25) is 5.13 Å². The zero-order valence-corrected chi connectivity index (χ0v) is 15.7. The van der Waals surface area contributed by atoms with Crippen molar-refractivity contribution in [3.05, 3.63) is 69.6 Å². The lowest BCUT2D eigenvalue weighted by Gasteiger charge is -2.15. The summed E-state index contributed by atoms with van der Waals surface area (Å²) in [6, 6.07) is 9.58. The number of nitrogens with zero attached hydrogens (tertiary/aromatic N) is 2. The first-order valence-electron chi connectivity index (χ1n) is 7.83. The number of hydrogen-bond donors (Lipinski definition) is 1. The lowest BCUT2D eigenvalue weighted by atomic mass is 10.0. The van der Waals surface area contributed by atoms with Gasteiger partial charge in [0.25, 0.3) is 0 Å². The summed E-state index contributed by atoms with van der Waals surface area (Å²) < 4.78 is 78.1. The summed E-state index contributed by atoms with van der Waals surface area (Å²) in [5.41, 5.74) is 0.228. The highest BCUT2D eigenvalue weighted by molar-refractivity contribution is 7.14. The van der Waals surface area contributed by atoms with Crippen molar-refractivity contribution in [1.29, 1.82) is 0 Å². The van der Waals surface area contributed by atoms with Crippen LogP contribution in [0.2, 0.25) is 5.02 Å². The number of halogens is 7. The molecule has 2 aromatic carbocycles. The van der Waals surface area contributed by atoms with Crippen molar-refractivity contribution in [1.82, 2.24) is 4.98 Å². The first-order chi connectivity index (χ1) is 13.6. The predicted molar refractivity (Wildman–Crippen MR) is 100 cm³/mol. The highest BCUT2D eigenvalue weighted by Crippen LogP contribution is 2.39. The Bertz CT molecular complexity index is 1030. The van der Waals surface area contributed by atoms with E-state index in [1.54, 1.807) is 5.38 Å². The van der Waals surface area contributed by atoms with Gasteiger partial charge in [-0.1, -0.05) is 41.9 Å². The van der Waals surface area contributed by atoms with E-state index in [4.69, 9.17) is 11.6 Å². The van der Waals surface area contributed by atoms with Crippen LogP contribution >= 0.6 is 22.9 Å². The van der Waals surface area contributed by atoms with Crippen LogP contribution in [0.1, 0.15) is 16.7 Å². The molecule has 0 saturated carbocycles. The van der Waals surface area contributed by atoms with Crippen LogP contribution in [0, 0.1) is 0 Å². The average molecular weight is 450 g/mol. The van der Waals surface area contributed by atoms with Crippen LogP contribution in [0.4, 0.5) is 31.5 Å². The van der Waals surface area contributed by atoms with Crippen molar-refractivity contribution in [2.24, 2.45) is 5.10 Å². The summed E-state index contributed by atoms with van der Waals surface area (Å²) in [7, 11) is 0. The summed E-state index contributed by atoms with van der Waals surface area (Å²) >= 11 is 6.84. The topological polar surface area (TPSA) is 37.3 Å². The van der Waals surface area contributed by atoms with E-state index in [0.717, 1.165) is 23.1 Å². The largest absolute Gasteiger partial charge is 0.417 e. The molecule has 0 atom stereocenters. The van der Waals surface area contributed by atoms with Crippen LogP contribution in [0.5, 0.6) is 0 Å². The third kappa shape index (κ3) is 5.07. The monoisotopic (exact) mass is 449 g/mol.